The number of carbonyl (C=O) groups excluding carboxylic acids is 1. The van der Waals surface area contributed by atoms with Gasteiger partial charge in [-0.1, -0.05) is 30.3 Å². The first-order valence-corrected chi connectivity index (χ1v) is 9.97. The molecule has 2 heterocycles. The van der Waals surface area contributed by atoms with Crippen molar-refractivity contribution in [2.45, 2.75) is 19.4 Å². The number of hydrogen-bond acceptors (Lipinski definition) is 4. The second-order valence-electron chi connectivity index (χ2n) is 7.98. The van der Waals surface area contributed by atoms with E-state index in [0.717, 1.165) is 51.3 Å². The normalized spacial score (nSPS) is 18.5. The average molecular weight is 380 g/mol. The lowest BCUT2D eigenvalue weighted by Crippen LogP contribution is -2.60. The average Bonchev–Trinajstić information content (AvgIpc) is 2.72. The lowest BCUT2D eigenvalue weighted by atomic mass is 9.72. The number of hydrogen-bond donors (Lipinski definition) is 0. The molecule has 28 heavy (non-hydrogen) atoms. The lowest BCUT2D eigenvalue weighted by Gasteiger charge is -2.54. The quantitative estimate of drug-likeness (QED) is 0.772. The molecule has 4 rings (SSSR count). The van der Waals surface area contributed by atoms with E-state index in [2.05, 4.69) is 35.2 Å². The van der Waals surface area contributed by atoms with Crippen LogP contribution in [0.1, 0.15) is 18.4 Å². The molecule has 0 unspecified atom stereocenters. The maximum absolute atomic E-state index is 12.5. The van der Waals surface area contributed by atoms with Crippen LogP contribution in [0.4, 0.5) is 0 Å². The van der Waals surface area contributed by atoms with Gasteiger partial charge in [0.1, 0.15) is 11.5 Å². The van der Waals surface area contributed by atoms with Crippen LogP contribution < -0.4 is 9.47 Å². The summed E-state index contributed by atoms with van der Waals surface area (Å²) < 4.78 is 10.8. The predicted octanol–water partition coefficient (Wildman–Crippen LogP) is 3.20. The van der Waals surface area contributed by atoms with Crippen LogP contribution in [0.15, 0.2) is 54.6 Å². The first kappa shape index (κ1) is 18.8. The molecule has 0 bridgehead atoms. The van der Waals surface area contributed by atoms with Gasteiger partial charge in [0, 0.05) is 32.7 Å². The molecule has 148 valence electrons. The molecule has 2 aromatic carbocycles. The lowest BCUT2D eigenvalue weighted by molar-refractivity contribution is -0.138. The maximum atomic E-state index is 12.5. The summed E-state index contributed by atoms with van der Waals surface area (Å²) in [5.41, 5.74) is 1.78. The molecule has 0 aromatic heterocycles. The van der Waals surface area contributed by atoms with E-state index in [0.29, 0.717) is 11.2 Å². The third-order valence-electron chi connectivity index (χ3n) is 5.97. The van der Waals surface area contributed by atoms with Crippen LogP contribution in [-0.2, 0) is 11.3 Å². The van der Waals surface area contributed by atoms with E-state index < -0.39 is 0 Å². The van der Waals surface area contributed by atoms with E-state index in [4.69, 9.17) is 9.47 Å². The van der Waals surface area contributed by atoms with E-state index in [1.54, 1.807) is 7.11 Å². The van der Waals surface area contributed by atoms with Gasteiger partial charge in [-0.25, -0.2) is 0 Å². The molecule has 0 N–H and O–H groups in total. The molecular weight excluding hydrogens is 352 g/mol. The van der Waals surface area contributed by atoms with Gasteiger partial charge in [0.15, 0.2) is 6.61 Å². The fraction of sp³-hybridized carbons (Fsp3) is 0.435. The van der Waals surface area contributed by atoms with E-state index in [1.807, 2.05) is 29.2 Å². The molecule has 5 nitrogen and oxygen atoms in total. The summed E-state index contributed by atoms with van der Waals surface area (Å²) in [6, 6.07) is 18.0. The minimum absolute atomic E-state index is 0.0751. The van der Waals surface area contributed by atoms with Crippen LogP contribution in [0, 0.1) is 5.41 Å². The second-order valence-corrected chi connectivity index (χ2v) is 7.98. The van der Waals surface area contributed by atoms with Gasteiger partial charge in [0.25, 0.3) is 5.91 Å². The summed E-state index contributed by atoms with van der Waals surface area (Å²) >= 11 is 0. The van der Waals surface area contributed by atoms with Crippen molar-refractivity contribution in [3.05, 3.63) is 60.2 Å². The Labute approximate surface area is 166 Å². The van der Waals surface area contributed by atoms with E-state index in [1.165, 1.54) is 5.56 Å². The van der Waals surface area contributed by atoms with Gasteiger partial charge in [-0.05, 0) is 48.1 Å². The molecule has 2 aromatic rings. The molecule has 0 aliphatic carbocycles. The molecule has 0 radical (unpaired) electrons. The van der Waals surface area contributed by atoms with Gasteiger partial charge in [-0.15, -0.1) is 0 Å². The van der Waals surface area contributed by atoms with Crippen molar-refractivity contribution in [3.63, 3.8) is 0 Å². The highest BCUT2D eigenvalue weighted by atomic mass is 16.5. The Morgan fingerprint density at radius 1 is 0.964 bits per heavy atom. The first-order chi connectivity index (χ1) is 13.7. The second kappa shape index (κ2) is 8.23. The molecule has 2 aliphatic heterocycles. The van der Waals surface area contributed by atoms with Gasteiger partial charge in [0.2, 0.25) is 0 Å². The van der Waals surface area contributed by atoms with Crippen LogP contribution in [0.25, 0.3) is 0 Å². The number of piperidine rings is 1. The van der Waals surface area contributed by atoms with Crippen molar-refractivity contribution < 1.29 is 14.3 Å². The smallest absolute Gasteiger partial charge is 0.260 e. The van der Waals surface area contributed by atoms with Crippen LogP contribution in [0.2, 0.25) is 0 Å². The van der Waals surface area contributed by atoms with Crippen molar-refractivity contribution in [2.24, 2.45) is 5.41 Å². The molecule has 2 fully saturated rings. The van der Waals surface area contributed by atoms with Crippen LogP contribution in [0.3, 0.4) is 0 Å². The Balaban J connectivity index is 1.19. The largest absolute Gasteiger partial charge is 0.497 e. The zero-order chi connectivity index (χ0) is 19.4. The summed E-state index contributed by atoms with van der Waals surface area (Å²) in [7, 11) is 1.63. The fourth-order valence-corrected chi connectivity index (χ4v) is 4.31. The molecular formula is C23H28N2O3. The monoisotopic (exact) mass is 380 g/mol. The number of carbonyl (C=O) groups is 1. The van der Waals surface area contributed by atoms with E-state index in [9.17, 15) is 4.79 Å². The maximum Gasteiger partial charge on any atom is 0.260 e. The summed E-state index contributed by atoms with van der Waals surface area (Å²) in [6.07, 6.45) is 2.18. The van der Waals surface area contributed by atoms with Gasteiger partial charge in [-0.3, -0.25) is 9.69 Å². The minimum atomic E-state index is 0.0751. The highest BCUT2D eigenvalue weighted by molar-refractivity contribution is 5.77. The third-order valence-corrected chi connectivity index (χ3v) is 5.97. The zero-order valence-electron chi connectivity index (χ0n) is 16.5. The third kappa shape index (κ3) is 4.30. The SMILES string of the molecule is COc1ccc(OCC(=O)N2CCC3(CC2)CN(Cc2ccccc2)C3)cc1. The molecule has 0 atom stereocenters. The van der Waals surface area contributed by atoms with Crippen LogP contribution >= 0.6 is 0 Å². The van der Waals surface area contributed by atoms with Crippen molar-refractivity contribution in [2.75, 3.05) is 39.9 Å². The Morgan fingerprint density at radius 3 is 2.25 bits per heavy atom. The van der Waals surface area contributed by atoms with Crippen molar-refractivity contribution >= 4 is 5.91 Å². The van der Waals surface area contributed by atoms with Crippen LogP contribution in [-0.4, -0.2) is 55.6 Å². The summed E-state index contributed by atoms with van der Waals surface area (Å²) in [4.78, 5) is 16.9. The number of ether oxygens (including phenoxy) is 2. The number of methoxy groups -OCH3 is 1. The number of nitrogens with zero attached hydrogens (tertiary/aromatic N) is 2. The van der Waals surface area contributed by atoms with Crippen LogP contribution in [0.5, 0.6) is 11.5 Å². The van der Waals surface area contributed by atoms with Gasteiger partial charge >= 0.3 is 0 Å². The van der Waals surface area contributed by atoms with E-state index >= 15 is 0 Å². The highest BCUT2D eigenvalue weighted by Gasteiger charge is 2.45. The van der Waals surface area contributed by atoms with Crippen molar-refractivity contribution in [1.29, 1.82) is 0 Å². The Bertz CT molecular complexity index is 775. The summed E-state index contributed by atoms with van der Waals surface area (Å²) in [5.74, 6) is 1.55. The summed E-state index contributed by atoms with van der Waals surface area (Å²) in [6.45, 7) is 5.09. The highest BCUT2D eigenvalue weighted by Crippen LogP contribution is 2.41. The molecule has 2 saturated heterocycles. The fourth-order valence-electron chi connectivity index (χ4n) is 4.31. The molecule has 0 saturated carbocycles. The van der Waals surface area contributed by atoms with E-state index in [-0.39, 0.29) is 12.5 Å². The molecule has 2 aliphatic rings. The number of likely N-dealkylation sites (tertiary alicyclic amines) is 2. The first-order valence-electron chi connectivity index (χ1n) is 9.97. The predicted molar refractivity (Wildman–Crippen MR) is 108 cm³/mol. The topological polar surface area (TPSA) is 42.0 Å². The van der Waals surface area contributed by atoms with Crippen molar-refractivity contribution in [3.8, 4) is 11.5 Å². The molecule has 1 amide bonds. The van der Waals surface area contributed by atoms with Gasteiger partial charge in [0.05, 0.1) is 7.11 Å². The Hall–Kier alpha value is -2.53. The summed E-state index contributed by atoms with van der Waals surface area (Å²) in [5, 5.41) is 0. The van der Waals surface area contributed by atoms with Crippen molar-refractivity contribution in [1.82, 2.24) is 9.80 Å². The Kier molecular flexibility index (Phi) is 5.53. The number of benzene rings is 2. The minimum Gasteiger partial charge on any atom is -0.497 e. The zero-order valence-corrected chi connectivity index (χ0v) is 16.5. The number of amides is 1. The molecule has 1 spiro atoms. The van der Waals surface area contributed by atoms with Gasteiger partial charge in [-0.2, -0.15) is 0 Å². The number of rotatable bonds is 6. The van der Waals surface area contributed by atoms with Gasteiger partial charge < -0.3 is 14.4 Å². The Morgan fingerprint density at radius 2 is 1.61 bits per heavy atom. The molecule has 5 heteroatoms. The standard InChI is InChI=1S/C23H28N2O3/c1-27-20-7-9-21(10-8-20)28-16-22(26)25-13-11-23(12-14-25)17-24(18-23)15-19-5-3-2-4-6-19/h2-10H,11-18H2,1H3.